The van der Waals surface area contributed by atoms with Crippen LogP contribution in [0.2, 0.25) is 0 Å². The van der Waals surface area contributed by atoms with Crippen molar-refractivity contribution < 1.29 is 22.9 Å². The summed E-state index contributed by atoms with van der Waals surface area (Å²) in [5.74, 6) is -0.0449. The van der Waals surface area contributed by atoms with Crippen molar-refractivity contribution in [2.45, 2.75) is 13.1 Å². The van der Waals surface area contributed by atoms with Gasteiger partial charge >= 0.3 is 6.18 Å². The number of nitro groups is 1. The summed E-state index contributed by atoms with van der Waals surface area (Å²) in [5.41, 5.74) is 0.816. The standard InChI is InChI=1S/C21H19F3N6O3/c1-14-18(13-26-29(14)19-7-2-15(12-25-19)21(22,23)24)20(31)28-10-8-27(9-11-28)16-3-5-17(6-4-16)30(32)33/h2-7,12-13H,8-11H2,1H3. The van der Waals surface area contributed by atoms with Gasteiger partial charge in [-0.05, 0) is 31.2 Å². The summed E-state index contributed by atoms with van der Waals surface area (Å²) in [7, 11) is 0. The fraction of sp³-hybridized carbons (Fsp3) is 0.286. The number of rotatable bonds is 4. The van der Waals surface area contributed by atoms with Crippen molar-refractivity contribution in [3.63, 3.8) is 0 Å². The Morgan fingerprint density at radius 3 is 2.24 bits per heavy atom. The van der Waals surface area contributed by atoms with Crippen molar-refractivity contribution in [1.82, 2.24) is 19.7 Å². The Morgan fingerprint density at radius 2 is 1.70 bits per heavy atom. The quantitative estimate of drug-likeness (QED) is 0.437. The lowest BCUT2D eigenvalue weighted by Crippen LogP contribution is -2.48. The van der Waals surface area contributed by atoms with E-state index >= 15 is 0 Å². The molecule has 0 saturated carbocycles. The number of alkyl halides is 3. The van der Waals surface area contributed by atoms with Crippen LogP contribution in [0.5, 0.6) is 0 Å². The Kier molecular flexibility index (Phi) is 5.75. The van der Waals surface area contributed by atoms with Crippen molar-refractivity contribution >= 4 is 17.3 Å². The summed E-state index contributed by atoms with van der Waals surface area (Å²) in [4.78, 5) is 30.9. The van der Waals surface area contributed by atoms with Gasteiger partial charge in [-0.15, -0.1) is 0 Å². The monoisotopic (exact) mass is 460 g/mol. The maximum absolute atomic E-state index is 13.0. The van der Waals surface area contributed by atoms with Crippen LogP contribution in [0.15, 0.2) is 48.8 Å². The molecule has 9 nitrogen and oxygen atoms in total. The third-order valence-corrected chi connectivity index (χ3v) is 5.52. The molecule has 1 saturated heterocycles. The van der Waals surface area contributed by atoms with Gasteiger partial charge in [-0.2, -0.15) is 18.3 Å². The highest BCUT2D eigenvalue weighted by Crippen LogP contribution is 2.29. The number of carbonyl (C=O) groups excluding carboxylic acids is 1. The Bertz CT molecular complexity index is 1170. The summed E-state index contributed by atoms with van der Waals surface area (Å²) in [5, 5.41) is 14.9. The molecule has 0 unspecified atom stereocenters. The molecule has 33 heavy (non-hydrogen) atoms. The van der Waals surface area contributed by atoms with E-state index in [1.165, 1.54) is 29.1 Å². The van der Waals surface area contributed by atoms with Gasteiger partial charge < -0.3 is 9.80 Å². The molecule has 0 aliphatic carbocycles. The molecule has 12 heteroatoms. The second-order valence-corrected chi connectivity index (χ2v) is 7.51. The molecular formula is C21H19F3N6O3. The number of halogens is 3. The molecule has 3 heterocycles. The van der Waals surface area contributed by atoms with E-state index in [9.17, 15) is 28.1 Å². The number of carbonyl (C=O) groups is 1. The first-order chi connectivity index (χ1) is 15.6. The number of hydrogen-bond acceptors (Lipinski definition) is 6. The van der Waals surface area contributed by atoms with Crippen LogP contribution < -0.4 is 4.90 Å². The number of benzene rings is 1. The minimum atomic E-state index is -4.48. The molecule has 1 aromatic carbocycles. The first kappa shape index (κ1) is 22.2. The topological polar surface area (TPSA) is 97.4 Å². The van der Waals surface area contributed by atoms with E-state index in [4.69, 9.17) is 0 Å². The summed E-state index contributed by atoms with van der Waals surface area (Å²) in [6.45, 7) is 3.65. The van der Waals surface area contributed by atoms with E-state index in [1.54, 1.807) is 24.0 Å². The normalized spacial score (nSPS) is 14.4. The maximum atomic E-state index is 13.0. The predicted molar refractivity (Wildman–Crippen MR) is 112 cm³/mol. The SMILES string of the molecule is Cc1c(C(=O)N2CCN(c3ccc([N+](=O)[O-])cc3)CC2)cnn1-c1ccc(C(F)(F)F)cn1. The van der Waals surface area contributed by atoms with E-state index in [0.29, 0.717) is 37.4 Å². The zero-order valence-corrected chi connectivity index (χ0v) is 17.5. The first-order valence-corrected chi connectivity index (χ1v) is 10.0. The summed E-state index contributed by atoms with van der Waals surface area (Å²) >= 11 is 0. The molecule has 0 N–H and O–H groups in total. The number of nitro benzene ring substituents is 1. The van der Waals surface area contributed by atoms with Crippen molar-refractivity contribution in [3.8, 4) is 5.82 Å². The average Bonchev–Trinajstić information content (AvgIpc) is 3.19. The van der Waals surface area contributed by atoms with E-state index in [1.807, 2.05) is 4.90 Å². The number of pyridine rings is 1. The smallest absolute Gasteiger partial charge is 0.368 e. The molecule has 4 rings (SSSR count). The summed E-state index contributed by atoms with van der Waals surface area (Å²) < 4.78 is 39.6. The van der Waals surface area contributed by atoms with E-state index in [0.717, 1.165) is 18.0 Å². The number of aromatic nitrogens is 3. The Hall–Kier alpha value is -3.96. The highest BCUT2D eigenvalue weighted by Gasteiger charge is 2.31. The minimum absolute atomic E-state index is 0.0163. The van der Waals surface area contributed by atoms with Crippen LogP contribution in [0, 0.1) is 17.0 Å². The predicted octanol–water partition coefficient (Wildman–Crippen LogP) is 3.47. The molecule has 0 radical (unpaired) electrons. The van der Waals surface area contributed by atoms with Crippen molar-refractivity contribution in [3.05, 3.63) is 75.7 Å². The molecule has 1 aliphatic heterocycles. The fourth-order valence-electron chi connectivity index (χ4n) is 3.65. The van der Waals surface area contributed by atoms with Crippen molar-refractivity contribution in [1.29, 1.82) is 0 Å². The Morgan fingerprint density at radius 1 is 1.03 bits per heavy atom. The maximum Gasteiger partial charge on any atom is 0.417 e. The lowest BCUT2D eigenvalue weighted by molar-refractivity contribution is -0.384. The molecule has 2 aromatic heterocycles. The van der Waals surface area contributed by atoms with Crippen LogP contribution in [0.25, 0.3) is 5.82 Å². The highest BCUT2D eigenvalue weighted by atomic mass is 19.4. The molecule has 1 fully saturated rings. The third-order valence-electron chi connectivity index (χ3n) is 5.52. The van der Waals surface area contributed by atoms with Crippen LogP contribution in [0.3, 0.4) is 0 Å². The van der Waals surface area contributed by atoms with Crippen LogP contribution in [0.4, 0.5) is 24.5 Å². The molecule has 0 bridgehead atoms. The Balaban J connectivity index is 1.43. The fourth-order valence-corrected chi connectivity index (χ4v) is 3.65. The molecule has 0 atom stereocenters. The minimum Gasteiger partial charge on any atom is -0.368 e. The van der Waals surface area contributed by atoms with Crippen LogP contribution in [-0.4, -0.2) is 56.7 Å². The summed E-state index contributed by atoms with van der Waals surface area (Å²) in [6, 6.07) is 8.38. The van der Waals surface area contributed by atoms with Gasteiger partial charge in [0.25, 0.3) is 11.6 Å². The molecular weight excluding hydrogens is 441 g/mol. The summed E-state index contributed by atoms with van der Waals surface area (Å²) in [6.07, 6.45) is -2.36. The molecule has 1 aliphatic rings. The average molecular weight is 460 g/mol. The van der Waals surface area contributed by atoms with E-state index < -0.39 is 16.7 Å². The second-order valence-electron chi connectivity index (χ2n) is 7.51. The number of amides is 1. The van der Waals surface area contributed by atoms with Crippen molar-refractivity contribution in [2.24, 2.45) is 0 Å². The highest BCUT2D eigenvalue weighted by molar-refractivity contribution is 5.95. The van der Waals surface area contributed by atoms with Crippen LogP contribution in [0.1, 0.15) is 21.6 Å². The number of hydrogen-bond donors (Lipinski definition) is 0. The molecule has 172 valence electrons. The second kappa shape index (κ2) is 8.52. The zero-order valence-electron chi connectivity index (χ0n) is 17.5. The van der Waals surface area contributed by atoms with Crippen LogP contribution in [-0.2, 0) is 6.18 Å². The van der Waals surface area contributed by atoms with Gasteiger partial charge in [-0.25, -0.2) is 9.67 Å². The lowest BCUT2D eigenvalue weighted by atomic mass is 10.2. The van der Waals surface area contributed by atoms with Crippen LogP contribution >= 0.6 is 0 Å². The number of piperazine rings is 1. The molecule has 0 spiro atoms. The largest absolute Gasteiger partial charge is 0.417 e. The van der Waals surface area contributed by atoms with Gasteiger partial charge in [0.2, 0.25) is 0 Å². The molecule has 1 amide bonds. The van der Waals surface area contributed by atoms with Crippen molar-refractivity contribution in [2.75, 3.05) is 31.1 Å². The van der Waals surface area contributed by atoms with Gasteiger partial charge in [0.05, 0.1) is 27.9 Å². The third kappa shape index (κ3) is 4.49. The number of non-ortho nitro benzene ring substituents is 1. The number of nitrogens with zero attached hydrogens (tertiary/aromatic N) is 6. The van der Waals surface area contributed by atoms with Gasteiger partial charge in [-0.3, -0.25) is 14.9 Å². The first-order valence-electron chi connectivity index (χ1n) is 10.0. The van der Waals surface area contributed by atoms with E-state index in [-0.39, 0.29) is 17.4 Å². The lowest BCUT2D eigenvalue weighted by Gasteiger charge is -2.36. The van der Waals surface area contributed by atoms with Gasteiger partial charge in [0.15, 0.2) is 5.82 Å². The zero-order chi connectivity index (χ0) is 23.8. The van der Waals surface area contributed by atoms with Gasteiger partial charge in [0, 0.05) is 50.2 Å². The molecule has 3 aromatic rings. The Labute approximate surface area is 186 Å². The van der Waals surface area contributed by atoms with E-state index in [2.05, 4.69) is 10.1 Å². The van der Waals surface area contributed by atoms with Gasteiger partial charge in [0.1, 0.15) is 0 Å². The number of anilines is 1. The van der Waals surface area contributed by atoms with Gasteiger partial charge in [-0.1, -0.05) is 0 Å².